The first-order chi connectivity index (χ1) is 8.36. The second kappa shape index (κ2) is 9.16. The molecule has 96 valence electrons. The van der Waals surface area contributed by atoms with Crippen LogP contribution in [-0.2, 0) is 17.9 Å². The van der Waals surface area contributed by atoms with Gasteiger partial charge >= 0.3 is 0 Å². The Balaban J connectivity index is 2.05. The molecule has 0 amide bonds. The van der Waals surface area contributed by atoms with Crippen molar-refractivity contribution in [3.8, 4) is 0 Å². The molecule has 17 heavy (non-hydrogen) atoms. The van der Waals surface area contributed by atoms with E-state index in [4.69, 9.17) is 9.84 Å². The SMILES string of the molecule is CCCCOCCNCc1ccc(CO)cc1. The second-order valence-electron chi connectivity index (χ2n) is 4.12. The molecule has 0 heterocycles. The molecule has 1 aromatic carbocycles. The predicted molar refractivity (Wildman–Crippen MR) is 69.8 cm³/mol. The van der Waals surface area contributed by atoms with E-state index < -0.39 is 0 Å². The molecule has 0 atom stereocenters. The average Bonchev–Trinajstić information content (AvgIpc) is 2.38. The van der Waals surface area contributed by atoms with Crippen LogP contribution in [0.15, 0.2) is 24.3 Å². The van der Waals surface area contributed by atoms with Gasteiger partial charge in [0.1, 0.15) is 0 Å². The van der Waals surface area contributed by atoms with Gasteiger partial charge in [0, 0.05) is 19.7 Å². The van der Waals surface area contributed by atoms with Crippen molar-refractivity contribution in [3.05, 3.63) is 35.4 Å². The van der Waals surface area contributed by atoms with Gasteiger partial charge in [-0.1, -0.05) is 37.6 Å². The van der Waals surface area contributed by atoms with Crippen LogP contribution in [-0.4, -0.2) is 24.9 Å². The van der Waals surface area contributed by atoms with Crippen molar-refractivity contribution >= 4 is 0 Å². The summed E-state index contributed by atoms with van der Waals surface area (Å²) in [5, 5.41) is 12.2. The summed E-state index contributed by atoms with van der Waals surface area (Å²) in [6.07, 6.45) is 2.33. The number of ether oxygens (including phenoxy) is 1. The number of aliphatic hydroxyl groups is 1. The third-order valence-electron chi connectivity index (χ3n) is 2.60. The lowest BCUT2D eigenvalue weighted by Crippen LogP contribution is -2.19. The maximum absolute atomic E-state index is 8.91. The van der Waals surface area contributed by atoms with Gasteiger partial charge < -0.3 is 15.2 Å². The van der Waals surface area contributed by atoms with Crippen molar-refractivity contribution in [2.75, 3.05) is 19.8 Å². The van der Waals surface area contributed by atoms with Gasteiger partial charge in [-0.05, 0) is 17.5 Å². The summed E-state index contributed by atoms with van der Waals surface area (Å²) >= 11 is 0. The Kier molecular flexibility index (Phi) is 7.63. The molecule has 0 saturated carbocycles. The summed E-state index contributed by atoms with van der Waals surface area (Å²) in [6.45, 7) is 5.64. The highest BCUT2D eigenvalue weighted by molar-refractivity contribution is 5.21. The van der Waals surface area contributed by atoms with E-state index in [9.17, 15) is 0 Å². The van der Waals surface area contributed by atoms with E-state index in [1.807, 2.05) is 24.3 Å². The van der Waals surface area contributed by atoms with Gasteiger partial charge in [0.25, 0.3) is 0 Å². The molecule has 0 aliphatic carbocycles. The molecule has 0 aliphatic heterocycles. The van der Waals surface area contributed by atoms with E-state index in [0.717, 1.165) is 38.3 Å². The van der Waals surface area contributed by atoms with Crippen LogP contribution in [0, 0.1) is 0 Å². The topological polar surface area (TPSA) is 41.5 Å². The normalized spacial score (nSPS) is 10.7. The van der Waals surface area contributed by atoms with Crippen LogP contribution in [0.5, 0.6) is 0 Å². The minimum absolute atomic E-state index is 0.110. The van der Waals surface area contributed by atoms with Crippen molar-refractivity contribution in [2.45, 2.75) is 32.9 Å². The number of hydrogen-bond donors (Lipinski definition) is 2. The van der Waals surface area contributed by atoms with Crippen molar-refractivity contribution in [1.82, 2.24) is 5.32 Å². The van der Waals surface area contributed by atoms with Crippen LogP contribution in [0.1, 0.15) is 30.9 Å². The molecule has 1 rings (SSSR count). The smallest absolute Gasteiger partial charge is 0.0681 e. The average molecular weight is 237 g/mol. The third kappa shape index (κ3) is 6.41. The first-order valence-electron chi connectivity index (χ1n) is 6.34. The Morgan fingerprint density at radius 1 is 1.12 bits per heavy atom. The van der Waals surface area contributed by atoms with E-state index in [1.165, 1.54) is 12.0 Å². The molecule has 0 spiro atoms. The Hall–Kier alpha value is -0.900. The zero-order valence-electron chi connectivity index (χ0n) is 10.6. The van der Waals surface area contributed by atoms with Gasteiger partial charge in [-0.25, -0.2) is 0 Å². The first-order valence-corrected chi connectivity index (χ1v) is 6.34. The first kappa shape index (κ1) is 14.2. The number of nitrogens with one attached hydrogen (secondary N) is 1. The molecular formula is C14H23NO2. The molecule has 0 aliphatic rings. The van der Waals surface area contributed by atoms with E-state index in [1.54, 1.807) is 0 Å². The molecule has 3 heteroatoms. The highest BCUT2D eigenvalue weighted by atomic mass is 16.5. The summed E-state index contributed by atoms with van der Waals surface area (Å²) in [5.74, 6) is 0. The van der Waals surface area contributed by atoms with Gasteiger partial charge in [-0.15, -0.1) is 0 Å². The Labute approximate surface area is 104 Å². The highest BCUT2D eigenvalue weighted by Gasteiger charge is 1.94. The molecule has 0 aromatic heterocycles. The quantitative estimate of drug-likeness (QED) is 0.646. The number of aliphatic hydroxyl groups excluding tert-OH is 1. The molecule has 2 N–H and O–H groups in total. The fourth-order valence-electron chi connectivity index (χ4n) is 1.49. The predicted octanol–water partition coefficient (Wildman–Crippen LogP) is 2.09. The lowest BCUT2D eigenvalue weighted by Gasteiger charge is -2.06. The minimum Gasteiger partial charge on any atom is -0.392 e. The number of hydrogen-bond acceptors (Lipinski definition) is 3. The molecule has 0 fully saturated rings. The summed E-state index contributed by atoms with van der Waals surface area (Å²) in [5.41, 5.74) is 2.19. The molecule has 0 bridgehead atoms. The van der Waals surface area contributed by atoms with Gasteiger partial charge in [0.2, 0.25) is 0 Å². The van der Waals surface area contributed by atoms with E-state index in [-0.39, 0.29) is 6.61 Å². The summed E-state index contributed by atoms with van der Waals surface area (Å²) in [7, 11) is 0. The molecule has 3 nitrogen and oxygen atoms in total. The monoisotopic (exact) mass is 237 g/mol. The molecule has 0 saturated heterocycles. The fourth-order valence-corrected chi connectivity index (χ4v) is 1.49. The Morgan fingerprint density at radius 2 is 1.82 bits per heavy atom. The molecule has 1 aromatic rings. The van der Waals surface area contributed by atoms with E-state index in [2.05, 4.69) is 12.2 Å². The van der Waals surface area contributed by atoms with Gasteiger partial charge in [-0.2, -0.15) is 0 Å². The van der Waals surface area contributed by atoms with Crippen LogP contribution in [0.3, 0.4) is 0 Å². The minimum atomic E-state index is 0.110. The zero-order valence-corrected chi connectivity index (χ0v) is 10.6. The van der Waals surface area contributed by atoms with Gasteiger partial charge in [0.05, 0.1) is 13.2 Å². The Bertz CT molecular complexity index is 285. The number of benzene rings is 1. The molecular weight excluding hydrogens is 214 g/mol. The van der Waals surface area contributed by atoms with Crippen molar-refractivity contribution in [3.63, 3.8) is 0 Å². The van der Waals surface area contributed by atoms with E-state index >= 15 is 0 Å². The van der Waals surface area contributed by atoms with Crippen molar-refractivity contribution < 1.29 is 9.84 Å². The standard InChI is InChI=1S/C14H23NO2/c1-2-3-9-17-10-8-15-11-13-4-6-14(12-16)7-5-13/h4-7,15-16H,2-3,8-12H2,1H3. The molecule has 0 radical (unpaired) electrons. The Morgan fingerprint density at radius 3 is 2.47 bits per heavy atom. The maximum Gasteiger partial charge on any atom is 0.0681 e. The summed E-state index contributed by atoms with van der Waals surface area (Å²) in [4.78, 5) is 0. The number of rotatable bonds is 9. The highest BCUT2D eigenvalue weighted by Crippen LogP contribution is 2.03. The van der Waals surface area contributed by atoms with Crippen LogP contribution in [0.25, 0.3) is 0 Å². The third-order valence-corrected chi connectivity index (χ3v) is 2.60. The van der Waals surface area contributed by atoms with E-state index in [0.29, 0.717) is 0 Å². The van der Waals surface area contributed by atoms with Crippen LogP contribution in [0.2, 0.25) is 0 Å². The van der Waals surface area contributed by atoms with Gasteiger partial charge in [-0.3, -0.25) is 0 Å². The maximum atomic E-state index is 8.91. The summed E-state index contributed by atoms with van der Waals surface area (Å²) in [6, 6.07) is 7.98. The van der Waals surface area contributed by atoms with Crippen molar-refractivity contribution in [2.24, 2.45) is 0 Å². The van der Waals surface area contributed by atoms with Crippen LogP contribution in [0.4, 0.5) is 0 Å². The number of unbranched alkanes of at least 4 members (excludes halogenated alkanes) is 1. The molecule has 0 unspecified atom stereocenters. The van der Waals surface area contributed by atoms with Crippen LogP contribution < -0.4 is 5.32 Å². The lowest BCUT2D eigenvalue weighted by atomic mass is 10.1. The summed E-state index contributed by atoms with van der Waals surface area (Å²) < 4.78 is 5.45. The lowest BCUT2D eigenvalue weighted by molar-refractivity contribution is 0.133. The zero-order chi connectivity index (χ0) is 12.3. The van der Waals surface area contributed by atoms with Crippen LogP contribution >= 0.6 is 0 Å². The van der Waals surface area contributed by atoms with Gasteiger partial charge in [0.15, 0.2) is 0 Å². The second-order valence-corrected chi connectivity index (χ2v) is 4.12. The largest absolute Gasteiger partial charge is 0.392 e. The fraction of sp³-hybridized carbons (Fsp3) is 0.571. The van der Waals surface area contributed by atoms with Crippen molar-refractivity contribution in [1.29, 1.82) is 0 Å².